The molecule has 0 aliphatic rings. The Bertz CT molecular complexity index is 422. The average molecular weight is 196 g/mol. The van der Waals surface area contributed by atoms with Crippen molar-refractivity contribution in [3.8, 4) is 0 Å². The predicted octanol–water partition coefficient (Wildman–Crippen LogP) is 2.81. The van der Waals surface area contributed by atoms with Gasteiger partial charge >= 0.3 is 0 Å². The lowest BCUT2D eigenvalue weighted by Gasteiger charge is -1.95. The van der Waals surface area contributed by atoms with E-state index in [-0.39, 0.29) is 0 Å². The van der Waals surface area contributed by atoms with Crippen LogP contribution in [0.1, 0.15) is 5.56 Å². The van der Waals surface area contributed by atoms with Gasteiger partial charge in [0.15, 0.2) is 0 Å². The SMILES string of the molecule is CNCc1coc2ccc(Cl)cc12. The minimum Gasteiger partial charge on any atom is -0.464 e. The number of benzene rings is 1. The first-order valence-corrected chi connectivity index (χ1v) is 4.49. The first-order valence-electron chi connectivity index (χ1n) is 4.11. The molecule has 0 spiro atoms. The highest BCUT2D eigenvalue weighted by Crippen LogP contribution is 2.24. The van der Waals surface area contributed by atoms with E-state index in [1.165, 1.54) is 0 Å². The Labute approximate surface area is 81.5 Å². The second-order valence-electron chi connectivity index (χ2n) is 2.93. The van der Waals surface area contributed by atoms with E-state index >= 15 is 0 Å². The van der Waals surface area contributed by atoms with Crippen LogP contribution in [-0.2, 0) is 6.54 Å². The number of hydrogen-bond donors (Lipinski definition) is 1. The van der Waals surface area contributed by atoms with E-state index in [2.05, 4.69) is 5.32 Å². The Hall–Kier alpha value is -0.990. The van der Waals surface area contributed by atoms with Gasteiger partial charge < -0.3 is 9.73 Å². The highest BCUT2D eigenvalue weighted by molar-refractivity contribution is 6.31. The second kappa shape index (κ2) is 3.40. The molecule has 2 rings (SSSR count). The van der Waals surface area contributed by atoms with Crippen LogP contribution in [0.5, 0.6) is 0 Å². The van der Waals surface area contributed by atoms with Gasteiger partial charge in [-0.15, -0.1) is 0 Å². The van der Waals surface area contributed by atoms with Gasteiger partial charge in [0.2, 0.25) is 0 Å². The highest BCUT2D eigenvalue weighted by Gasteiger charge is 2.04. The maximum atomic E-state index is 5.89. The van der Waals surface area contributed by atoms with Crippen LogP contribution in [0.15, 0.2) is 28.9 Å². The summed E-state index contributed by atoms with van der Waals surface area (Å²) >= 11 is 5.89. The molecule has 0 amide bonds. The number of halogens is 1. The van der Waals surface area contributed by atoms with Gasteiger partial charge in [-0.3, -0.25) is 0 Å². The van der Waals surface area contributed by atoms with Gasteiger partial charge in [0.25, 0.3) is 0 Å². The summed E-state index contributed by atoms with van der Waals surface area (Å²) in [6, 6.07) is 5.64. The van der Waals surface area contributed by atoms with E-state index < -0.39 is 0 Å². The zero-order valence-electron chi connectivity index (χ0n) is 7.30. The minimum atomic E-state index is 0.742. The molecule has 1 aromatic heterocycles. The monoisotopic (exact) mass is 195 g/mol. The van der Waals surface area contributed by atoms with Gasteiger partial charge in [0.1, 0.15) is 5.58 Å². The van der Waals surface area contributed by atoms with E-state index in [0.717, 1.165) is 28.1 Å². The molecule has 0 atom stereocenters. The zero-order chi connectivity index (χ0) is 9.26. The Kier molecular flexibility index (Phi) is 2.25. The van der Waals surface area contributed by atoms with Crippen LogP contribution in [-0.4, -0.2) is 7.05 Å². The van der Waals surface area contributed by atoms with Gasteiger partial charge in [-0.25, -0.2) is 0 Å². The van der Waals surface area contributed by atoms with Crippen molar-refractivity contribution in [2.75, 3.05) is 7.05 Å². The Morgan fingerprint density at radius 2 is 2.31 bits per heavy atom. The quantitative estimate of drug-likeness (QED) is 0.797. The second-order valence-corrected chi connectivity index (χ2v) is 3.37. The third-order valence-electron chi connectivity index (χ3n) is 1.98. The van der Waals surface area contributed by atoms with Crippen LogP contribution in [0.25, 0.3) is 11.0 Å². The lowest BCUT2D eigenvalue weighted by Crippen LogP contribution is -2.03. The molecule has 0 aliphatic heterocycles. The highest BCUT2D eigenvalue weighted by atomic mass is 35.5. The smallest absolute Gasteiger partial charge is 0.134 e. The molecule has 3 heteroatoms. The fourth-order valence-electron chi connectivity index (χ4n) is 1.38. The van der Waals surface area contributed by atoms with E-state index in [1.807, 2.05) is 25.2 Å². The summed E-state index contributed by atoms with van der Waals surface area (Å²) in [6.07, 6.45) is 1.76. The van der Waals surface area contributed by atoms with Crippen LogP contribution in [0, 0.1) is 0 Å². The fourth-order valence-corrected chi connectivity index (χ4v) is 1.55. The lowest BCUT2D eigenvalue weighted by molar-refractivity contribution is 0.607. The molecule has 0 radical (unpaired) electrons. The summed E-state index contributed by atoms with van der Waals surface area (Å²) < 4.78 is 5.36. The first kappa shape index (κ1) is 8.60. The third kappa shape index (κ3) is 1.55. The normalized spacial score (nSPS) is 10.9. The van der Waals surface area contributed by atoms with E-state index in [4.69, 9.17) is 16.0 Å². The van der Waals surface area contributed by atoms with Crippen molar-refractivity contribution in [2.24, 2.45) is 0 Å². The van der Waals surface area contributed by atoms with Crippen molar-refractivity contribution in [1.29, 1.82) is 0 Å². The van der Waals surface area contributed by atoms with Gasteiger partial charge in [-0.1, -0.05) is 11.6 Å². The van der Waals surface area contributed by atoms with Crippen molar-refractivity contribution in [2.45, 2.75) is 6.54 Å². The van der Waals surface area contributed by atoms with Crippen LogP contribution >= 0.6 is 11.6 Å². The van der Waals surface area contributed by atoms with Crippen LogP contribution < -0.4 is 5.32 Å². The summed E-state index contributed by atoms with van der Waals surface area (Å²) in [5.41, 5.74) is 2.02. The molecule has 1 heterocycles. The standard InChI is InChI=1S/C10H10ClNO/c1-12-5-7-6-13-10-3-2-8(11)4-9(7)10/h2-4,6,12H,5H2,1H3. The number of hydrogen-bond acceptors (Lipinski definition) is 2. The molecular formula is C10H10ClNO. The fraction of sp³-hybridized carbons (Fsp3) is 0.200. The molecule has 0 bridgehead atoms. The van der Waals surface area contributed by atoms with Gasteiger partial charge in [-0.2, -0.15) is 0 Å². The van der Waals surface area contributed by atoms with Gasteiger partial charge in [0, 0.05) is 22.5 Å². The van der Waals surface area contributed by atoms with E-state index in [1.54, 1.807) is 6.26 Å². The molecule has 0 unspecified atom stereocenters. The van der Waals surface area contributed by atoms with Gasteiger partial charge in [0.05, 0.1) is 6.26 Å². The maximum absolute atomic E-state index is 5.89. The van der Waals surface area contributed by atoms with E-state index in [0.29, 0.717) is 0 Å². The average Bonchev–Trinajstić information content (AvgIpc) is 2.49. The topological polar surface area (TPSA) is 25.2 Å². The molecule has 0 saturated carbocycles. The molecule has 0 fully saturated rings. The third-order valence-corrected chi connectivity index (χ3v) is 2.22. The molecule has 2 aromatic rings. The van der Waals surface area contributed by atoms with Crippen molar-refractivity contribution in [1.82, 2.24) is 5.32 Å². The summed E-state index contributed by atoms with van der Waals surface area (Å²) in [6.45, 7) is 0.799. The van der Waals surface area contributed by atoms with Gasteiger partial charge in [-0.05, 0) is 25.2 Å². The Morgan fingerprint density at radius 3 is 3.08 bits per heavy atom. The maximum Gasteiger partial charge on any atom is 0.134 e. The number of rotatable bonds is 2. The predicted molar refractivity (Wildman–Crippen MR) is 54.0 cm³/mol. The minimum absolute atomic E-state index is 0.742. The molecule has 1 N–H and O–H groups in total. The van der Waals surface area contributed by atoms with Crippen LogP contribution in [0.4, 0.5) is 0 Å². The van der Waals surface area contributed by atoms with Crippen molar-refractivity contribution in [3.05, 3.63) is 35.0 Å². The molecule has 2 nitrogen and oxygen atoms in total. The number of fused-ring (bicyclic) bond motifs is 1. The summed E-state index contributed by atoms with van der Waals surface area (Å²) in [4.78, 5) is 0. The Morgan fingerprint density at radius 1 is 1.46 bits per heavy atom. The molecule has 68 valence electrons. The number of furan rings is 1. The largest absolute Gasteiger partial charge is 0.464 e. The van der Waals surface area contributed by atoms with Crippen LogP contribution in [0.2, 0.25) is 5.02 Å². The van der Waals surface area contributed by atoms with Crippen molar-refractivity contribution >= 4 is 22.6 Å². The van der Waals surface area contributed by atoms with Crippen molar-refractivity contribution < 1.29 is 4.42 Å². The molecule has 13 heavy (non-hydrogen) atoms. The molecule has 1 aromatic carbocycles. The summed E-state index contributed by atoms with van der Waals surface area (Å²) in [5.74, 6) is 0. The lowest BCUT2D eigenvalue weighted by atomic mass is 10.2. The summed E-state index contributed by atoms with van der Waals surface area (Å²) in [5, 5.41) is 4.91. The van der Waals surface area contributed by atoms with Crippen LogP contribution in [0.3, 0.4) is 0 Å². The molecular weight excluding hydrogens is 186 g/mol. The molecule has 0 saturated heterocycles. The van der Waals surface area contributed by atoms with E-state index in [9.17, 15) is 0 Å². The Balaban J connectivity index is 2.58. The first-order chi connectivity index (χ1) is 6.31. The number of nitrogens with one attached hydrogen (secondary N) is 1. The zero-order valence-corrected chi connectivity index (χ0v) is 8.06. The van der Waals surface area contributed by atoms with Crippen molar-refractivity contribution in [3.63, 3.8) is 0 Å². The summed E-state index contributed by atoms with van der Waals surface area (Å²) in [7, 11) is 1.91. The molecule has 0 aliphatic carbocycles.